The van der Waals surface area contributed by atoms with Crippen LogP contribution in [0.25, 0.3) is 0 Å². The molecular weight excluding hydrogens is 438 g/mol. The topological polar surface area (TPSA) is 127 Å². The van der Waals surface area contributed by atoms with E-state index >= 15 is 0 Å². The van der Waals surface area contributed by atoms with Crippen molar-refractivity contribution >= 4 is 31.6 Å². The fourth-order valence-corrected chi connectivity index (χ4v) is 5.74. The Kier molecular flexibility index (Phi) is 6.56. The molecule has 168 valence electrons. The van der Waals surface area contributed by atoms with Crippen molar-refractivity contribution in [1.29, 1.82) is 0 Å². The maximum Gasteiger partial charge on any atom is 0.255 e. The van der Waals surface area contributed by atoms with Gasteiger partial charge in [0.1, 0.15) is 0 Å². The van der Waals surface area contributed by atoms with Crippen LogP contribution in [-0.2, 0) is 20.0 Å². The van der Waals surface area contributed by atoms with Crippen LogP contribution in [0.4, 0.5) is 5.69 Å². The average molecular weight is 466 g/mol. The number of sulfonamides is 2. The van der Waals surface area contributed by atoms with E-state index in [0.717, 1.165) is 19.3 Å². The lowest BCUT2D eigenvalue weighted by atomic mass is 10.1. The van der Waals surface area contributed by atoms with Crippen LogP contribution in [0, 0.1) is 20.8 Å². The van der Waals surface area contributed by atoms with E-state index < -0.39 is 26.0 Å². The SMILES string of the molecule is Cc1ccc(S(=O)(=O)N2CCCCC2)cc1C(=O)Nc1cc(S(N)(=O)=O)cc(C)c1C. The minimum atomic E-state index is -3.95. The summed E-state index contributed by atoms with van der Waals surface area (Å²) >= 11 is 0. The number of carbonyl (C=O) groups excluding carboxylic acids is 1. The van der Waals surface area contributed by atoms with Gasteiger partial charge in [0.15, 0.2) is 0 Å². The van der Waals surface area contributed by atoms with Gasteiger partial charge in [-0.15, -0.1) is 0 Å². The fraction of sp³-hybridized carbons (Fsp3) is 0.381. The highest BCUT2D eigenvalue weighted by Crippen LogP contribution is 2.26. The lowest BCUT2D eigenvalue weighted by Crippen LogP contribution is -2.35. The Morgan fingerprint density at radius 3 is 2.16 bits per heavy atom. The average Bonchev–Trinajstić information content (AvgIpc) is 2.71. The van der Waals surface area contributed by atoms with Crippen molar-refractivity contribution in [3.8, 4) is 0 Å². The Bertz CT molecular complexity index is 1230. The van der Waals surface area contributed by atoms with Gasteiger partial charge in [0.2, 0.25) is 20.0 Å². The van der Waals surface area contributed by atoms with Crippen LogP contribution in [-0.4, -0.2) is 40.1 Å². The third-order valence-electron chi connectivity index (χ3n) is 5.62. The number of amides is 1. The molecule has 0 bridgehead atoms. The molecule has 1 amide bonds. The second kappa shape index (κ2) is 8.70. The van der Waals surface area contributed by atoms with E-state index in [9.17, 15) is 21.6 Å². The van der Waals surface area contributed by atoms with Gasteiger partial charge in [0.05, 0.1) is 9.79 Å². The highest BCUT2D eigenvalue weighted by Gasteiger charge is 2.27. The van der Waals surface area contributed by atoms with Gasteiger partial charge in [-0.3, -0.25) is 4.79 Å². The van der Waals surface area contributed by atoms with Gasteiger partial charge < -0.3 is 5.32 Å². The minimum Gasteiger partial charge on any atom is -0.322 e. The van der Waals surface area contributed by atoms with Gasteiger partial charge in [-0.25, -0.2) is 22.0 Å². The van der Waals surface area contributed by atoms with E-state index in [0.29, 0.717) is 35.5 Å². The largest absolute Gasteiger partial charge is 0.322 e. The maximum atomic E-state index is 13.0. The quantitative estimate of drug-likeness (QED) is 0.702. The summed E-state index contributed by atoms with van der Waals surface area (Å²) in [7, 11) is -7.64. The number of benzene rings is 2. The first-order valence-corrected chi connectivity index (χ1v) is 13.0. The first-order chi connectivity index (χ1) is 14.4. The maximum absolute atomic E-state index is 13.0. The lowest BCUT2D eigenvalue weighted by molar-refractivity contribution is 0.102. The van der Waals surface area contributed by atoms with Gasteiger partial charge in [0.25, 0.3) is 5.91 Å². The van der Waals surface area contributed by atoms with Crippen LogP contribution in [0.2, 0.25) is 0 Å². The molecule has 0 unspecified atom stereocenters. The highest BCUT2D eigenvalue weighted by atomic mass is 32.2. The molecule has 1 saturated heterocycles. The van der Waals surface area contributed by atoms with E-state index in [2.05, 4.69) is 5.32 Å². The molecule has 1 aliphatic heterocycles. The lowest BCUT2D eigenvalue weighted by Gasteiger charge is -2.26. The molecule has 0 spiro atoms. The zero-order valence-electron chi connectivity index (χ0n) is 17.8. The molecule has 2 aromatic rings. The number of anilines is 1. The molecule has 1 fully saturated rings. The number of nitrogens with one attached hydrogen (secondary N) is 1. The molecule has 8 nitrogen and oxygen atoms in total. The van der Waals surface area contributed by atoms with Crippen molar-refractivity contribution in [2.75, 3.05) is 18.4 Å². The number of rotatable bonds is 5. The number of hydrogen-bond acceptors (Lipinski definition) is 5. The number of nitrogens with zero attached hydrogens (tertiary/aromatic N) is 1. The van der Waals surface area contributed by atoms with Crippen molar-refractivity contribution in [2.24, 2.45) is 5.14 Å². The molecule has 0 radical (unpaired) electrons. The first-order valence-electron chi connectivity index (χ1n) is 9.97. The van der Waals surface area contributed by atoms with Crippen molar-refractivity contribution in [1.82, 2.24) is 4.31 Å². The molecule has 3 N–H and O–H groups in total. The van der Waals surface area contributed by atoms with E-state index in [1.807, 2.05) is 0 Å². The molecule has 0 aliphatic carbocycles. The molecule has 0 saturated carbocycles. The van der Waals surface area contributed by atoms with Crippen LogP contribution in [0.1, 0.15) is 46.3 Å². The Hall–Kier alpha value is -2.27. The first kappa shape index (κ1) is 23.4. The van der Waals surface area contributed by atoms with Crippen LogP contribution in [0.15, 0.2) is 40.1 Å². The zero-order valence-corrected chi connectivity index (χ0v) is 19.4. The van der Waals surface area contributed by atoms with Crippen LogP contribution >= 0.6 is 0 Å². The molecule has 0 aromatic heterocycles. The second-order valence-corrected chi connectivity index (χ2v) is 11.4. The molecule has 1 heterocycles. The summed E-state index contributed by atoms with van der Waals surface area (Å²) in [5.74, 6) is -0.526. The Balaban J connectivity index is 1.96. The smallest absolute Gasteiger partial charge is 0.255 e. The van der Waals surface area contributed by atoms with Crippen molar-refractivity contribution < 1.29 is 21.6 Å². The summed E-state index contributed by atoms with van der Waals surface area (Å²) in [6.07, 6.45) is 2.64. The number of carbonyl (C=O) groups is 1. The van der Waals surface area contributed by atoms with Gasteiger partial charge in [-0.2, -0.15) is 4.31 Å². The molecular formula is C21H27N3O5S2. The summed E-state index contributed by atoms with van der Waals surface area (Å²) in [5.41, 5.74) is 2.46. The predicted octanol–water partition coefficient (Wildman–Crippen LogP) is 2.69. The molecule has 1 aliphatic rings. The minimum absolute atomic E-state index is 0.0661. The molecule has 3 rings (SSSR count). The molecule has 31 heavy (non-hydrogen) atoms. The second-order valence-electron chi connectivity index (χ2n) is 7.85. The van der Waals surface area contributed by atoms with Gasteiger partial charge >= 0.3 is 0 Å². The summed E-state index contributed by atoms with van der Waals surface area (Å²) in [6, 6.07) is 7.23. The number of nitrogens with two attached hydrogens (primary N) is 1. The summed E-state index contributed by atoms with van der Waals surface area (Å²) in [5, 5.41) is 7.95. The normalized spacial score (nSPS) is 15.6. The van der Waals surface area contributed by atoms with E-state index in [-0.39, 0.29) is 15.4 Å². The van der Waals surface area contributed by atoms with Crippen LogP contribution < -0.4 is 10.5 Å². The Morgan fingerprint density at radius 2 is 1.55 bits per heavy atom. The number of aryl methyl sites for hydroxylation is 2. The van der Waals surface area contributed by atoms with E-state index in [1.54, 1.807) is 26.8 Å². The monoisotopic (exact) mass is 465 g/mol. The highest BCUT2D eigenvalue weighted by molar-refractivity contribution is 7.89. The number of hydrogen-bond donors (Lipinski definition) is 2. The van der Waals surface area contributed by atoms with Crippen molar-refractivity contribution in [3.63, 3.8) is 0 Å². The number of piperidine rings is 1. The number of primary sulfonamides is 1. The molecule has 2 aromatic carbocycles. The molecule has 10 heteroatoms. The van der Waals surface area contributed by atoms with Crippen LogP contribution in [0.5, 0.6) is 0 Å². The van der Waals surface area contributed by atoms with Crippen molar-refractivity contribution in [2.45, 2.75) is 49.8 Å². The summed E-state index contributed by atoms with van der Waals surface area (Å²) < 4.78 is 51.0. The Labute approximate surface area is 183 Å². The van der Waals surface area contributed by atoms with Crippen LogP contribution in [0.3, 0.4) is 0 Å². The van der Waals surface area contributed by atoms with E-state index in [4.69, 9.17) is 5.14 Å². The van der Waals surface area contributed by atoms with Gasteiger partial charge in [-0.05, 0) is 74.6 Å². The Morgan fingerprint density at radius 1 is 0.903 bits per heavy atom. The third-order valence-corrected chi connectivity index (χ3v) is 8.41. The van der Waals surface area contributed by atoms with Gasteiger partial charge in [0, 0.05) is 24.3 Å². The summed E-state index contributed by atoms with van der Waals surface area (Å²) in [4.78, 5) is 13.0. The fourth-order valence-electron chi connectivity index (χ4n) is 3.57. The van der Waals surface area contributed by atoms with Crippen molar-refractivity contribution in [3.05, 3.63) is 52.6 Å². The zero-order chi connectivity index (χ0) is 23.0. The predicted molar refractivity (Wildman–Crippen MR) is 119 cm³/mol. The summed E-state index contributed by atoms with van der Waals surface area (Å²) in [6.45, 7) is 6.12. The van der Waals surface area contributed by atoms with E-state index in [1.165, 1.54) is 28.6 Å². The standard InChI is InChI=1S/C21H27N3O5S2/c1-14-7-8-17(31(28,29)24-9-5-4-6-10-24)12-19(14)21(25)23-20-13-18(30(22,26)27)11-15(2)16(20)3/h7-8,11-13H,4-6,9-10H2,1-3H3,(H,23,25)(H2,22,26,27). The molecule has 0 atom stereocenters. The van der Waals surface area contributed by atoms with Gasteiger partial charge in [-0.1, -0.05) is 12.5 Å². The third kappa shape index (κ3) is 4.98.